The Kier molecular flexibility index (Phi) is 8.02. The molecule has 1 unspecified atom stereocenters. The summed E-state index contributed by atoms with van der Waals surface area (Å²) < 4.78 is 28.0. The summed E-state index contributed by atoms with van der Waals surface area (Å²) in [6, 6.07) is 16.9. The minimum Gasteiger partial charge on any atom is -0.300 e. The molecule has 33 heavy (non-hydrogen) atoms. The van der Waals surface area contributed by atoms with Crippen LogP contribution in [0, 0.1) is 5.92 Å². The monoisotopic (exact) mass is 522 g/mol. The first-order chi connectivity index (χ1) is 15.9. The Hall–Kier alpha value is -1.98. The van der Waals surface area contributed by atoms with Gasteiger partial charge in [-0.15, -0.1) is 10.2 Å². The van der Waals surface area contributed by atoms with Gasteiger partial charge in [-0.3, -0.25) is 4.79 Å². The van der Waals surface area contributed by atoms with E-state index in [4.69, 9.17) is 11.6 Å². The first kappa shape index (κ1) is 24.2. The summed E-state index contributed by atoms with van der Waals surface area (Å²) in [6.07, 6.45) is 1.25. The molecule has 11 heteroatoms. The predicted octanol–water partition coefficient (Wildman–Crippen LogP) is 4.66. The Labute approximate surface area is 206 Å². The molecule has 2 aromatic carbocycles. The fraction of sp³-hybridized carbons (Fsp3) is 0.318. The molecule has 0 radical (unpaired) electrons. The van der Waals surface area contributed by atoms with Gasteiger partial charge in [0.25, 0.3) is 0 Å². The second kappa shape index (κ2) is 11.0. The standard InChI is InChI=1S/C22H23ClN4O3S3/c23-19-10-4-8-17(12-19)15-33(29,30)27-11-5-9-18(13-27)20(28)24-21-25-26-22(32-21)31-14-16-6-2-1-3-7-16/h1-4,6-8,10,12,18H,5,9,11,13-15H2,(H,24,25,28). The number of anilines is 1. The van der Waals surface area contributed by atoms with Crippen molar-refractivity contribution in [2.75, 3.05) is 18.4 Å². The third-order valence-corrected chi connectivity index (χ3v) is 9.32. The average Bonchev–Trinajstić information content (AvgIpc) is 3.25. The highest BCUT2D eigenvalue weighted by Crippen LogP contribution is 2.29. The van der Waals surface area contributed by atoms with Crippen molar-refractivity contribution in [2.24, 2.45) is 5.92 Å². The molecule has 1 aliphatic heterocycles. The molecule has 1 fully saturated rings. The van der Waals surface area contributed by atoms with E-state index in [-0.39, 0.29) is 18.2 Å². The smallest absolute Gasteiger partial charge is 0.230 e. The molecule has 7 nitrogen and oxygen atoms in total. The Balaban J connectivity index is 1.32. The van der Waals surface area contributed by atoms with E-state index in [9.17, 15) is 13.2 Å². The van der Waals surface area contributed by atoms with Crippen molar-refractivity contribution in [3.63, 3.8) is 0 Å². The summed E-state index contributed by atoms with van der Waals surface area (Å²) in [6.45, 7) is 0.564. The van der Waals surface area contributed by atoms with Gasteiger partial charge >= 0.3 is 0 Å². The number of piperidine rings is 1. The number of benzene rings is 2. The van der Waals surface area contributed by atoms with Gasteiger partial charge in [0.1, 0.15) is 0 Å². The molecule has 1 amide bonds. The molecular formula is C22H23ClN4O3S3. The first-order valence-corrected chi connectivity index (χ1v) is 14.2. The number of nitrogens with zero attached hydrogens (tertiary/aromatic N) is 3. The van der Waals surface area contributed by atoms with E-state index >= 15 is 0 Å². The van der Waals surface area contributed by atoms with Crippen LogP contribution in [-0.4, -0.2) is 41.9 Å². The normalized spacial score (nSPS) is 17.1. The fourth-order valence-corrected chi connectivity index (χ4v) is 7.10. The Morgan fingerprint density at radius 3 is 2.73 bits per heavy atom. The van der Waals surface area contributed by atoms with Crippen LogP contribution in [0.2, 0.25) is 5.02 Å². The van der Waals surface area contributed by atoms with Gasteiger partial charge in [-0.25, -0.2) is 12.7 Å². The van der Waals surface area contributed by atoms with Gasteiger partial charge in [-0.05, 0) is 36.1 Å². The first-order valence-electron chi connectivity index (χ1n) is 10.4. The molecule has 4 rings (SSSR count). The highest BCUT2D eigenvalue weighted by molar-refractivity contribution is 8.00. The summed E-state index contributed by atoms with van der Waals surface area (Å²) >= 11 is 8.86. The van der Waals surface area contributed by atoms with E-state index < -0.39 is 15.9 Å². The lowest BCUT2D eigenvalue weighted by atomic mass is 9.99. The Morgan fingerprint density at radius 2 is 1.94 bits per heavy atom. The molecule has 1 aromatic heterocycles. The maximum absolute atomic E-state index is 12.9. The number of hydrogen-bond donors (Lipinski definition) is 1. The van der Waals surface area contributed by atoms with Gasteiger partial charge < -0.3 is 5.32 Å². The fourth-order valence-electron chi connectivity index (χ4n) is 3.58. The molecule has 0 saturated carbocycles. The number of aromatic nitrogens is 2. The van der Waals surface area contributed by atoms with E-state index in [1.54, 1.807) is 36.0 Å². The zero-order valence-electron chi connectivity index (χ0n) is 17.7. The lowest BCUT2D eigenvalue weighted by Gasteiger charge is -2.31. The molecular weight excluding hydrogens is 500 g/mol. The minimum absolute atomic E-state index is 0.139. The predicted molar refractivity (Wildman–Crippen MR) is 133 cm³/mol. The molecule has 0 spiro atoms. The maximum Gasteiger partial charge on any atom is 0.230 e. The van der Waals surface area contributed by atoms with Gasteiger partial charge in [0.15, 0.2) is 4.34 Å². The molecule has 1 aliphatic rings. The number of hydrogen-bond acceptors (Lipinski definition) is 7. The van der Waals surface area contributed by atoms with Crippen molar-refractivity contribution < 1.29 is 13.2 Å². The van der Waals surface area contributed by atoms with Crippen molar-refractivity contribution in [2.45, 2.75) is 28.7 Å². The average molecular weight is 523 g/mol. The third-order valence-electron chi connectivity index (χ3n) is 5.23. The van der Waals surface area contributed by atoms with Crippen molar-refractivity contribution in [3.8, 4) is 0 Å². The van der Waals surface area contributed by atoms with Gasteiger partial charge in [-0.1, -0.05) is 77.2 Å². The molecule has 0 bridgehead atoms. The van der Waals surface area contributed by atoms with Crippen LogP contribution >= 0.6 is 34.7 Å². The van der Waals surface area contributed by atoms with Crippen LogP contribution in [0.25, 0.3) is 0 Å². The third kappa shape index (κ3) is 6.77. The number of thioether (sulfide) groups is 1. The Morgan fingerprint density at radius 1 is 1.15 bits per heavy atom. The van der Waals surface area contributed by atoms with E-state index in [0.29, 0.717) is 35.1 Å². The van der Waals surface area contributed by atoms with Crippen LogP contribution in [0.1, 0.15) is 24.0 Å². The van der Waals surface area contributed by atoms with E-state index in [1.807, 2.05) is 30.3 Å². The van der Waals surface area contributed by atoms with E-state index in [2.05, 4.69) is 15.5 Å². The van der Waals surface area contributed by atoms with Crippen LogP contribution < -0.4 is 5.32 Å². The summed E-state index contributed by atoms with van der Waals surface area (Å²) in [5.74, 6) is -0.0307. The van der Waals surface area contributed by atoms with Gasteiger partial charge in [-0.2, -0.15) is 0 Å². The zero-order valence-corrected chi connectivity index (χ0v) is 20.9. The van der Waals surface area contributed by atoms with Crippen molar-refractivity contribution >= 4 is 55.8 Å². The number of carbonyl (C=O) groups excluding carboxylic acids is 1. The highest BCUT2D eigenvalue weighted by atomic mass is 35.5. The van der Waals surface area contributed by atoms with E-state index in [0.717, 1.165) is 10.1 Å². The lowest BCUT2D eigenvalue weighted by Crippen LogP contribution is -2.44. The number of nitrogens with one attached hydrogen (secondary N) is 1. The number of halogens is 1. The van der Waals surface area contributed by atoms with Crippen LogP contribution in [0.15, 0.2) is 58.9 Å². The van der Waals surface area contributed by atoms with Crippen molar-refractivity contribution in [1.82, 2.24) is 14.5 Å². The minimum atomic E-state index is -3.56. The quantitative estimate of drug-likeness (QED) is 0.341. The molecule has 3 aromatic rings. The summed E-state index contributed by atoms with van der Waals surface area (Å²) in [5, 5.41) is 11.9. The largest absolute Gasteiger partial charge is 0.300 e. The molecule has 1 saturated heterocycles. The number of amides is 1. The van der Waals surface area contributed by atoms with Crippen LogP contribution in [0.4, 0.5) is 5.13 Å². The second-order valence-corrected chi connectivity index (χ2v) is 12.3. The summed E-state index contributed by atoms with van der Waals surface area (Å²) in [4.78, 5) is 12.8. The summed E-state index contributed by atoms with van der Waals surface area (Å²) in [5.41, 5.74) is 1.81. The summed E-state index contributed by atoms with van der Waals surface area (Å²) in [7, 11) is -3.56. The van der Waals surface area contributed by atoms with E-state index in [1.165, 1.54) is 21.2 Å². The van der Waals surface area contributed by atoms with Crippen molar-refractivity contribution in [1.29, 1.82) is 0 Å². The second-order valence-electron chi connectivity index (χ2n) is 7.72. The highest BCUT2D eigenvalue weighted by Gasteiger charge is 2.32. The van der Waals surface area contributed by atoms with Crippen LogP contribution in [0.3, 0.4) is 0 Å². The van der Waals surface area contributed by atoms with Gasteiger partial charge in [0.2, 0.25) is 21.1 Å². The maximum atomic E-state index is 12.9. The topological polar surface area (TPSA) is 92.3 Å². The molecule has 174 valence electrons. The molecule has 2 heterocycles. The Bertz CT molecular complexity index is 1200. The van der Waals surface area contributed by atoms with Crippen LogP contribution in [0.5, 0.6) is 0 Å². The zero-order chi connectivity index (χ0) is 23.3. The number of rotatable bonds is 8. The molecule has 0 aliphatic carbocycles. The van der Waals surface area contributed by atoms with Gasteiger partial charge in [0, 0.05) is 23.9 Å². The number of carbonyl (C=O) groups is 1. The van der Waals surface area contributed by atoms with Crippen LogP contribution in [-0.2, 0) is 26.3 Å². The number of sulfonamides is 1. The van der Waals surface area contributed by atoms with Gasteiger partial charge in [0.05, 0.1) is 11.7 Å². The molecule has 1 atom stereocenters. The van der Waals surface area contributed by atoms with Crippen molar-refractivity contribution in [3.05, 3.63) is 70.7 Å². The lowest BCUT2D eigenvalue weighted by molar-refractivity contribution is -0.120. The molecule has 1 N–H and O–H groups in total. The SMILES string of the molecule is O=C(Nc1nnc(SCc2ccccc2)s1)C1CCCN(S(=O)(=O)Cc2cccc(Cl)c2)C1.